The van der Waals surface area contributed by atoms with E-state index >= 15 is 0 Å². The molecule has 0 saturated carbocycles. The van der Waals surface area contributed by atoms with Crippen LogP contribution < -0.4 is 5.32 Å². The molecule has 4 heteroatoms. The Kier molecular flexibility index (Phi) is 3.94. The summed E-state index contributed by atoms with van der Waals surface area (Å²) >= 11 is 0. The Bertz CT molecular complexity index is 285. The van der Waals surface area contributed by atoms with E-state index in [9.17, 15) is 9.59 Å². The SMILES string of the molecule is CCCN1C(=O)C(CC)(CC)NC(=O)C1C. The number of carbonyl (C=O) groups is 2. The van der Waals surface area contributed by atoms with Crippen LogP contribution >= 0.6 is 0 Å². The highest BCUT2D eigenvalue weighted by Gasteiger charge is 2.46. The maximum atomic E-state index is 12.4. The number of nitrogens with one attached hydrogen (secondary N) is 1. The monoisotopic (exact) mass is 226 g/mol. The third kappa shape index (κ3) is 1.93. The van der Waals surface area contributed by atoms with Crippen molar-refractivity contribution in [1.29, 1.82) is 0 Å². The second-order valence-corrected chi connectivity index (χ2v) is 4.45. The van der Waals surface area contributed by atoms with E-state index in [0.29, 0.717) is 19.4 Å². The molecule has 0 aromatic heterocycles. The van der Waals surface area contributed by atoms with Gasteiger partial charge in [-0.25, -0.2) is 0 Å². The second kappa shape index (κ2) is 4.85. The van der Waals surface area contributed by atoms with Gasteiger partial charge in [-0.05, 0) is 26.2 Å². The van der Waals surface area contributed by atoms with E-state index in [0.717, 1.165) is 6.42 Å². The third-order valence-corrected chi connectivity index (χ3v) is 3.55. The summed E-state index contributed by atoms with van der Waals surface area (Å²) in [5, 5.41) is 2.89. The van der Waals surface area contributed by atoms with Crippen LogP contribution in [0.3, 0.4) is 0 Å². The average Bonchev–Trinajstić information content (AvgIpc) is 2.29. The zero-order valence-corrected chi connectivity index (χ0v) is 10.7. The normalized spacial score (nSPS) is 24.5. The quantitative estimate of drug-likeness (QED) is 0.785. The van der Waals surface area contributed by atoms with Crippen molar-refractivity contribution in [1.82, 2.24) is 10.2 Å². The number of rotatable bonds is 4. The van der Waals surface area contributed by atoms with E-state index < -0.39 is 5.54 Å². The lowest BCUT2D eigenvalue weighted by atomic mass is 9.87. The van der Waals surface area contributed by atoms with Gasteiger partial charge in [-0.1, -0.05) is 20.8 Å². The summed E-state index contributed by atoms with van der Waals surface area (Å²) in [6, 6.07) is -0.335. The fourth-order valence-electron chi connectivity index (χ4n) is 2.25. The van der Waals surface area contributed by atoms with Gasteiger partial charge >= 0.3 is 0 Å². The van der Waals surface area contributed by atoms with Gasteiger partial charge < -0.3 is 10.2 Å². The lowest BCUT2D eigenvalue weighted by Gasteiger charge is -2.44. The van der Waals surface area contributed by atoms with Crippen molar-refractivity contribution >= 4 is 11.8 Å². The largest absolute Gasteiger partial charge is 0.340 e. The van der Waals surface area contributed by atoms with Crippen LogP contribution in [-0.2, 0) is 9.59 Å². The molecule has 1 fully saturated rings. The van der Waals surface area contributed by atoms with E-state index in [4.69, 9.17) is 0 Å². The standard InChI is InChI=1S/C12H22N2O2/c1-5-8-14-9(4)10(15)13-12(6-2,7-3)11(14)16/h9H,5-8H2,1-4H3,(H,13,15). The molecule has 1 saturated heterocycles. The molecule has 92 valence electrons. The number of hydrogen-bond acceptors (Lipinski definition) is 2. The van der Waals surface area contributed by atoms with Gasteiger partial charge in [0.25, 0.3) is 0 Å². The van der Waals surface area contributed by atoms with Gasteiger partial charge in [-0.15, -0.1) is 0 Å². The van der Waals surface area contributed by atoms with Crippen molar-refractivity contribution in [3.05, 3.63) is 0 Å². The number of hydrogen-bond donors (Lipinski definition) is 1. The van der Waals surface area contributed by atoms with E-state index in [2.05, 4.69) is 5.32 Å². The molecule has 0 spiro atoms. The molecule has 0 bridgehead atoms. The summed E-state index contributed by atoms with van der Waals surface area (Å²) in [7, 11) is 0. The van der Waals surface area contributed by atoms with Crippen LogP contribution in [-0.4, -0.2) is 34.8 Å². The summed E-state index contributed by atoms with van der Waals surface area (Å²) in [6.07, 6.45) is 2.19. The van der Waals surface area contributed by atoms with Crippen LogP contribution in [0.2, 0.25) is 0 Å². The second-order valence-electron chi connectivity index (χ2n) is 4.45. The van der Waals surface area contributed by atoms with Crippen molar-refractivity contribution in [3.63, 3.8) is 0 Å². The Hall–Kier alpha value is -1.06. The van der Waals surface area contributed by atoms with Crippen LogP contribution in [0.25, 0.3) is 0 Å². The molecule has 1 N–H and O–H groups in total. The molecule has 1 heterocycles. The first-order valence-corrected chi connectivity index (χ1v) is 6.15. The molecule has 0 radical (unpaired) electrons. The smallest absolute Gasteiger partial charge is 0.248 e. The van der Waals surface area contributed by atoms with Gasteiger partial charge in [0, 0.05) is 6.54 Å². The summed E-state index contributed by atoms with van der Waals surface area (Å²) in [5.41, 5.74) is -0.668. The van der Waals surface area contributed by atoms with Gasteiger partial charge in [-0.2, -0.15) is 0 Å². The predicted octanol–water partition coefficient (Wildman–Crippen LogP) is 1.30. The molecule has 1 aliphatic heterocycles. The van der Waals surface area contributed by atoms with Gasteiger partial charge in [0.15, 0.2) is 0 Å². The average molecular weight is 226 g/mol. The fraction of sp³-hybridized carbons (Fsp3) is 0.833. The van der Waals surface area contributed by atoms with E-state index in [1.807, 2.05) is 20.8 Å². The van der Waals surface area contributed by atoms with Crippen LogP contribution in [0.1, 0.15) is 47.0 Å². The molecule has 16 heavy (non-hydrogen) atoms. The Balaban J connectivity index is 3.01. The van der Waals surface area contributed by atoms with E-state index in [-0.39, 0.29) is 17.9 Å². The number of nitrogens with zero attached hydrogens (tertiary/aromatic N) is 1. The molecule has 1 unspecified atom stereocenters. The number of amides is 2. The topological polar surface area (TPSA) is 49.4 Å². The van der Waals surface area contributed by atoms with Crippen molar-refractivity contribution in [2.75, 3.05) is 6.54 Å². The molecule has 1 rings (SSSR count). The van der Waals surface area contributed by atoms with Gasteiger partial charge in [0.1, 0.15) is 11.6 Å². The fourth-order valence-corrected chi connectivity index (χ4v) is 2.25. The first-order valence-electron chi connectivity index (χ1n) is 6.15. The molecular formula is C12H22N2O2. The summed E-state index contributed by atoms with van der Waals surface area (Å²) in [6.45, 7) is 8.36. The van der Waals surface area contributed by atoms with Crippen LogP contribution in [0, 0.1) is 0 Å². The first kappa shape index (κ1) is 13.0. The van der Waals surface area contributed by atoms with E-state index in [1.165, 1.54) is 0 Å². The van der Waals surface area contributed by atoms with Crippen molar-refractivity contribution in [2.24, 2.45) is 0 Å². The lowest BCUT2D eigenvalue weighted by Crippen LogP contribution is -2.69. The summed E-state index contributed by atoms with van der Waals surface area (Å²) < 4.78 is 0. The van der Waals surface area contributed by atoms with Gasteiger partial charge in [0.2, 0.25) is 11.8 Å². The molecule has 1 atom stereocenters. The molecule has 0 aromatic carbocycles. The van der Waals surface area contributed by atoms with Crippen LogP contribution in [0.4, 0.5) is 0 Å². The zero-order valence-electron chi connectivity index (χ0n) is 10.7. The highest BCUT2D eigenvalue weighted by Crippen LogP contribution is 2.24. The van der Waals surface area contributed by atoms with Crippen LogP contribution in [0.15, 0.2) is 0 Å². The molecule has 4 nitrogen and oxygen atoms in total. The Morgan fingerprint density at radius 1 is 1.25 bits per heavy atom. The lowest BCUT2D eigenvalue weighted by molar-refractivity contribution is -0.154. The minimum atomic E-state index is -0.668. The highest BCUT2D eigenvalue weighted by atomic mass is 16.2. The molecular weight excluding hydrogens is 204 g/mol. The maximum Gasteiger partial charge on any atom is 0.248 e. The van der Waals surface area contributed by atoms with Crippen molar-refractivity contribution < 1.29 is 9.59 Å². The Labute approximate surface area is 97.4 Å². The van der Waals surface area contributed by atoms with Gasteiger partial charge in [0.05, 0.1) is 0 Å². The summed E-state index contributed by atoms with van der Waals surface area (Å²) in [4.78, 5) is 25.9. The third-order valence-electron chi connectivity index (χ3n) is 3.55. The molecule has 2 amide bonds. The summed E-state index contributed by atoms with van der Waals surface area (Å²) in [5.74, 6) is 0.0446. The minimum absolute atomic E-state index is 0.0308. The number of piperazine rings is 1. The van der Waals surface area contributed by atoms with Crippen LogP contribution in [0.5, 0.6) is 0 Å². The van der Waals surface area contributed by atoms with Crippen molar-refractivity contribution in [3.8, 4) is 0 Å². The molecule has 0 aromatic rings. The Morgan fingerprint density at radius 3 is 2.25 bits per heavy atom. The van der Waals surface area contributed by atoms with Gasteiger partial charge in [-0.3, -0.25) is 9.59 Å². The van der Waals surface area contributed by atoms with E-state index in [1.54, 1.807) is 11.8 Å². The predicted molar refractivity (Wildman–Crippen MR) is 62.9 cm³/mol. The van der Waals surface area contributed by atoms with Crippen molar-refractivity contribution in [2.45, 2.75) is 58.5 Å². The zero-order chi connectivity index (χ0) is 12.3. The first-order chi connectivity index (χ1) is 7.52. The minimum Gasteiger partial charge on any atom is -0.340 e. The molecule has 1 aliphatic rings. The maximum absolute atomic E-state index is 12.4. The Morgan fingerprint density at radius 2 is 1.81 bits per heavy atom. The molecule has 0 aliphatic carbocycles. The number of carbonyl (C=O) groups excluding carboxylic acids is 2. The highest BCUT2D eigenvalue weighted by molar-refractivity contribution is 5.99.